The largest absolute Gasteiger partial charge is 0.453 e. The van der Waals surface area contributed by atoms with E-state index in [1.165, 1.54) is 13.3 Å². The maximum atomic E-state index is 14.1. The van der Waals surface area contributed by atoms with E-state index in [4.69, 9.17) is 11.6 Å². The number of aromatic nitrogens is 3. The van der Waals surface area contributed by atoms with E-state index in [1.807, 2.05) is 19.1 Å². The first-order chi connectivity index (χ1) is 12.9. The first-order valence-corrected chi connectivity index (χ1v) is 8.26. The van der Waals surface area contributed by atoms with Crippen LogP contribution < -0.4 is 5.32 Å². The second-order valence-corrected chi connectivity index (χ2v) is 6.19. The molecule has 3 rings (SSSR count). The van der Waals surface area contributed by atoms with Gasteiger partial charge in [-0.25, -0.2) is 18.3 Å². The molecule has 0 spiro atoms. The average molecular weight is 393 g/mol. The van der Waals surface area contributed by atoms with E-state index in [0.717, 1.165) is 27.9 Å². The van der Waals surface area contributed by atoms with E-state index in [2.05, 4.69) is 20.4 Å². The summed E-state index contributed by atoms with van der Waals surface area (Å²) in [5.74, 6) is -1.69. The Kier molecular flexibility index (Phi) is 5.36. The molecule has 0 aliphatic heterocycles. The van der Waals surface area contributed by atoms with Gasteiger partial charge in [-0.2, -0.15) is 0 Å². The van der Waals surface area contributed by atoms with E-state index in [-0.39, 0.29) is 17.3 Å². The highest BCUT2D eigenvalue weighted by molar-refractivity contribution is 6.30. The van der Waals surface area contributed by atoms with Gasteiger partial charge in [0.2, 0.25) is 0 Å². The Morgan fingerprint density at radius 2 is 1.96 bits per heavy atom. The van der Waals surface area contributed by atoms with Crippen molar-refractivity contribution in [1.29, 1.82) is 0 Å². The van der Waals surface area contributed by atoms with Crippen LogP contribution in [0.3, 0.4) is 0 Å². The molecular weight excluding hydrogens is 378 g/mol. The summed E-state index contributed by atoms with van der Waals surface area (Å²) < 4.78 is 33.7. The standard InChI is InChI=1S/C18H15ClF2N4O2/c1-10-3-4-11(5-12(10)8-22-18(26)27-2)16-9-25(24-23-16)17-14(20)6-13(19)7-15(17)21/h3-7,9H,8H2,1-2H3,(H,22,26). The minimum atomic E-state index is -0.844. The van der Waals surface area contributed by atoms with Crippen molar-refractivity contribution in [1.82, 2.24) is 20.3 Å². The maximum absolute atomic E-state index is 14.1. The zero-order chi connectivity index (χ0) is 19.6. The smallest absolute Gasteiger partial charge is 0.407 e. The fraction of sp³-hybridized carbons (Fsp3) is 0.167. The number of aryl methyl sites for hydroxylation is 1. The number of benzene rings is 2. The van der Waals surface area contributed by atoms with E-state index in [9.17, 15) is 13.6 Å². The lowest BCUT2D eigenvalue weighted by Crippen LogP contribution is -2.22. The molecule has 3 aromatic rings. The lowest BCUT2D eigenvalue weighted by Gasteiger charge is -2.08. The summed E-state index contributed by atoms with van der Waals surface area (Å²) in [7, 11) is 1.28. The summed E-state index contributed by atoms with van der Waals surface area (Å²) in [6, 6.07) is 7.48. The molecule has 0 saturated carbocycles. The molecule has 1 amide bonds. The molecule has 0 bridgehead atoms. The first-order valence-electron chi connectivity index (χ1n) is 7.88. The SMILES string of the molecule is COC(=O)NCc1cc(-c2cn(-c3c(F)cc(Cl)cc3F)nn2)ccc1C. The number of alkyl carbamates (subject to hydrolysis) is 1. The van der Waals surface area contributed by atoms with Crippen LogP contribution in [0.25, 0.3) is 16.9 Å². The number of hydrogen-bond acceptors (Lipinski definition) is 4. The monoisotopic (exact) mass is 392 g/mol. The Hall–Kier alpha value is -3.00. The van der Waals surface area contributed by atoms with Crippen LogP contribution in [0.2, 0.25) is 5.02 Å². The fourth-order valence-electron chi connectivity index (χ4n) is 2.52. The van der Waals surface area contributed by atoms with Crippen LogP contribution in [-0.2, 0) is 11.3 Å². The van der Waals surface area contributed by atoms with Crippen LogP contribution in [0.1, 0.15) is 11.1 Å². The topological polar surface area (TPSA) is 69.0 Å². The van der Waals surface area contributed by atoms with Gasteiger partial charge in [-0.3, -0.25) is 0 Å². The van der Waals surface area contributed by atoms with Crippen molar-refractivity contribution in [2.45, 2.75) is 13.5 Å². The van der Waals surface area contributed by atoms with Crippen molar-refractivity contribution >= 4 is 17.7 Å². The molecule has 0 atom stereocenters. The Bertz CT molecular complexity index is 984. The van der Waals surface area contributed by atoms with E-state index in [1.54, 1.807) is 6.07 Å². The molecule has 0 radical (unpaired) electrons. The van der Waals surface area contributed by atoms with Gasteiger partial charge < -0.3 is 10.1 Å². The van der Waals surface area contributed by atoms with Crippen LogP contribution in [0.5, 0.6) is 0 Å². The molecule has 6 nitrogen and oxygen atoms in total. The number of amides is 1. The molecular formula is C18H15ClF2N4O2. The van der Waals surface area contributed by atoms with Gasteiger partial charge >= 0.3 is 6.09 Å². The molecule has 0 aliphatic carbocycles. The van der Waals surface area contributed by atoms with E-state index in [0.29, 0.717) is 11.3 Å². The number of rotatable bonds is 4. The van der Waals surface area contributed by atoms with Gasteiger partial charge in [0.05, 0.1) is 13.3 Å². The second-order valence-electron chi connectivity index (χ2n) is 5.75. The molecule has 27 heavy (non-hydrogen) atoms. The second kappa shape index (κ2) is 7.71. The van der Waals surface area contributed by atoms with Crippen molar-refractivity contribution in [3.05, 3.63) is 64.3 Å². The van der Waals surface area contributed by atoms with Crippen molar-refractivity contribution in [3.8, 4) is 16.9 Å². The molecule has 1 N–H and O–H groups in total. The molecule has 0 saturated heterocycles. The third-order valence-corrected chi connectivity index (χ3v) is 4.18. The van der Waals surface area contributed by atoms with Crippen molar-refractivity contribution in [2.24, 2.45) is 0 Å². The average Bonchev–Trinajstić information content (AvgIpc) is 3.09. The van der Waals surface area contributed by atoms with Crippen LogP contribution >= 0.6 is 11.6 Å². The summed E-state index contributed by atoms with van der Waals surface area (Å²) in [6.45, 7) is 2.16. The van der Waals surface area contributed by atoms with Gasteiger partial charge in [0, 0.05) is 17.1 Å². The number of halogens is 3. The van der Waals surface area contributed by atoms with Crippen LogP contribution in [-0.4, -0.2) is 28.2 Å². The van der Waals surface area contributed by atoms with Crippen LogP contribution in [0.15, 0.2) is 36.5 Å². The molecule has 1 aromatic heterocycles. The lowest BCUT2D eigenvalue weighted by molar-refractivity contribution is 0.170. The maximum Gasteiger partial charge on any atom is 0.407 e. The van der Waals surface area contributed by atoms with Crippen LogP contribution in [0, 0.1) is 18.6 Å². The molecule has 9 heteroatoms. The number of nitrogens with one attached hydrogen (secondary N) is 1. The summed E-state index contributed by atoms with van der Waals surface area (Å²) in [6.07, 6.45) is 0.872. The van der Waals surface area contributed by atoms with Gasteiger partial charge in [-0.05, 0) is 36.2 Å². The summed E-state index contributed by atoms with van der Waals surface area (Å²) >= 11 is 5.64. The van der Waals surface area contributed by atoms with Crippen LogP contribution in [0.4, 0.5) is 13.6 Å². The minimum Gasteiger partial charge on any atom is -0.453 e. The lowest BCUT2D eigenvalue weighted by atomic mass is 10.0. The number of nitrogens with zero attached hydrogens (tertiary/aromatic N) is 3. The van der Waals surface area contributed by atoms with Gasteiger partial charge in [-0.1, -0.05) is 28.9 Å². The van der Waals surface area contributed by atoms with Gasteiger partial charge in [0.25, 0.3) is 0 Å². The number of methoxy groups -OCH3 is 1. The van der Waals surface area contributed by atoms with Crippen molar-refractivity contribution in [3.63, 3.8) is 0 Å². The van der Waals surface area contributed by atoms with Gasteiger partial charge in [-0.15, -0.1) is 5.10 Å². The third kappa shape index (κ3) is 4.06. The zero-order valence-electron chi connectivity index (χ0n) is 14.5. The minimum absolute atomic E-state index is 0.0460. The Morgan fingerprint density at radius 3 is 2.63 bits per heavy atom. The molecule has 0 fully saturated rings. The molecule has 140 valence electrons. The Morgan fingerprint density at radius 1 is 1.26 bits per heavy atom. The first kappa shape index (κ1) is 18.8. The Labute approximate surface area is 158 Å². The number of carbonyl (C=O) groups excluding carboxylic acids is 1. The highest BCUT2D eigenvalue weighted by Crippen LogP contribution is 2.25. The normalized spacial score (nSPS) is 10.7. The number of ether oxygens (including phenoxy) is 1. The summed E-state index contributed by atoms with van der Waals surface area (Å²) in [5.41, 5.74) is 2.54. The van der Waals surface area contributed by atoms with Gasteiger partial charge in [0.1, 0.15) is 11.4 Å². The molecule has 1 heterocycles. The number of carbonyl (C=O) groups is 1. The van der Waals surface area contributed by atoms with E-state index >= 15 is 0 Å². The van der Waals surface area contributed by atoms with Gasteiger partial charge in [0.15, 0.2) is 11.6 Å². The predicted molar refractivity (Wildman–Crippen MR) is 95.7 cm³/mol. The summed E-state index contributed by atoms with van der Waals surface area (Å²) in [4.78, 5) is 11.3. The highest BCUT2D eigenvalue weighted by Gasteiger charge is 2.16. The number of hydrogen-bond donors (Lipinski definition) is 1. The molecule has 0 aliphatic rings. The zero-order valence-corrected chi connectivity index (χ0v) is 15.2. The Balaban J connectivity index is 1.92. The predicted octanol–water partition coefficient (Wildman–Crippen LogP) is 4.03. The van der Waals surface area contributed by atoms with E-state index < -0.39 is 17.7 Å². The third-order valence-electron chi connectivity index (χ3n) is 3.96. The molecule has 2 aromatic carbocycles. The van der Waals surface area contributed by atoms with Crippen molar-refractivity contribution in [2.75, 3.05) is 7.11 Å². The molecule has 0 unspecified atom stereocenters. The summed E-state index contributed by atoms with van der Waals surface area (Å²) in [5, 5.41) is 10.4. The highest BCUT2D eigenvalue weighted by atomic mass is 35.5. The quantitative estimate of drug-likeness (QED) is 0.727. The van der Waals surface area contributed by atoms with Crippen molar-refractivity contribution < 1.29 is 18.3 Å². The fourth-order valence-corrected chi connectivity index (χ4v) is 2.71.